The maximum Gasteiger partial charge on any atom is 0.261 e. The van der Waals surface area contributed by atoms with E-state index in [4.69, 9.17) is 16.3 Å². The molecule has 2 rings (SSSR count). The summed E-state index contributed by atoms with van der Waals surface area (Å²) < 4.78 is 5.82. The first-order valence-corrected chi connectivity index (χ1v) is 11.3. The number of carbonyl (C=O) groups is 2. The summed E-state index contributed by atoms with van der Waals surface area (Å²) in [5.41, 5.74) is 2.89. The van der Waals surface area contributed by atoms with Gasteiger partial charge in [0.15, 0.2) is 6.61 Å². The van der Waals surface area contributed by atoms with Crippen LogP contribution in [0.2, 0.25) is 5.02 Å². The van der Waals surface area contributed by atoms with Crippen molar-refractivity contribution in [2.24, 2.45) is 0 Å². The number of carbonyl (C=O) groups excluding carboxylic acids is 2. The largest absolute Gasteiger partial charge is 0.483 e. The fraction of sp³-hybridized carbons (Fsp3) is 0.440. The van der Waals surface area contributed by atoms with E-state index in [1.165, 1.54) is 0 Å². The molecule has 2 aromatic rings. The van der Waals surface area contributed by atoms with Crippen LogP contribution in [0.4, 0.5) is 0 Å². The maximum atomic E-state index is 13.2. The van der Waals surface area contributed by atoms with E-state index in [0.717, 1.165) is 29.5 Å². The molecule has 0 aliphatic carbocycles. The number of benzene rings is 2. The van der Waals surface area contributed by atoms with Crippen molar-refractivity contribution in [1.29, 1.82) is 0 Å². The van der Waals surface area contributed by atoms with Crippen LogP contribution in [-0.4, -0.2) is 35.9 Å². The van der Waals surface area contributed by atoms with E-state index in [-0.39, 0.29) is 25.0 Å². The molecule has 0 aromatic heterocycles. The van der Waals surface area contributed by atoms with Gasteiger partial charge < -0.3 is 15.0 Å². The van der Waals surface area contributed by atoms with Gasteiger partial charge in [-0.05, 0) is 49.9 Å². The molecule has 0 aliphatic rings. The van der Waals surface area contributed by atoms with Crippen molar-refractivity contribution >= 4 is 23.4 Å². The Labute approximate surface area is 190 Å². The van der Waals surface area contributed by atoms with Crippen LogP contribution < -0.4 is 10.1 Å². The fourth-order valence-electron chi connectivity index (χ4n) is 3.42. The number of ether oxygens (including phenoxy) is 1. The van der Waals surface area contributed by atoms with Crippen LogP contribution in [0.15, 0.2) is 42.5 Å². The molecule has 1 N–H and O–H groups in total. The van der Waals surface area contributed by atoms with Crippen LogP contribution in [0.25, 0.3) is 0 Å². The quantitative estimate of drug-likeness (QED) is 0.493. The normalized spacial score (nSPS) is 11.6. The van der Waals surface area contributed by atoms with Gasteiger partial charge in [0, 0.05) is 18.1 Å². The summed E-state index contributed by atoms with van der Waals surface area (Å²) in [6.07, 6.45) is 2.39. The second kappa shape index (κ2) is 12.4. The Bertz CT molecular complexity index is 885. The van der Waals surface area contributed by atoms with E-state index >= 15 is 0 Å². The monoisotopic (exact) mass is 444 g/mol. The summed E-state index contributed by atoms with van der Waals surface area (Å²) in [4.78, 5) is 27.7. The molecule has 0 radical (unpaired) electrons. The zero-order valence-electron chi connectivity index (χ0n) is 18.9. The summed E-state index contributed by atoms with van der Waals surface area (Å²) in [7, 11) is 0. The van der Waals surface area contributed by atoms with Crippen molar-refractivity contribution in [3.05, 3.63) is 64.2 Å². The summed E-state index contributed by atoms with van der Waals surface area (Å²) in [6.45, 7) is 8.63. The molecule has 1 atom stereocenters. The smallest absolute Gasteiger partial charge is 0.261 e. The molecule has 2 amide bonds. The van der Waals surface area contributed by atoms with Crippen molar-refractivity contribution in [2.75, 3.05) is 13.2 Å². The number of aryl methyl sites for hydroxylation is 2. The summed E-state index contributed by atoms with van der Waals surface area (Å²) in [6, 6.07) is 12.6. The summed E-state index contributed by atoms with van der Waals surface area (Å²) in [5.74, 6) is 0.261. The Morgan fingerprint density at radius 1 is 1.13 bits per heavy atom. The van der Waals surface area contributed by atoms with E-state index in [2.05, 4.69) is 12.2 Å². The van der Waals surface area contributed by atoms with Crippen molar-refractivity contribution in [3.8, 4) is 5.75 Å². The molecule has 0 heterocycles. The third-order valence-corrected chi connectivity index (χ3v) is 5.56. The van der Waals surface area contributed by atoms with Gasteiger partial charge in [-0.15, -0.1) is 0 Å². The Morgan fingerprint density at radius 3 is 2.52 bits per heavy atom. The van der Waals surface area contributed by atoms with E-state index < -0.39 is 6.04 Å². The number of nitrogens with one attached hydrogen (secondary N) is 1. The van der Waals surface area contributed by atoms with E-state index in [9.17, 15) is 9.59 Å². The molecule has 0 aliphatic heterocycles. The van der Waals surface area contributed by atoms with E-state index in [0.29, 0.717) is 23.7 Å². The van der Waals surface area contributed by atoms with Gasteiger partial charge in [-0.2, -0.15) is 0 Å². The van der Waals surface area contributed by atoms with Gasteiger partial charge >= 0.3 is 0 Å². The van der Waals surface area contributed by atoms with Crippen molar-refractivity contribution in [3.63, 3.8) is 0 Å². The molecule has 0 spiro atoms. The van der Waals surface area contributed by atoms with Crippen LogP contribution in [0.3, 0.4) is 0 Å². The van der Waals surface area contributed by atoms with Crippen LogP contribution in [0.1, 0.15) is 49.8 Å². The molecule has 0 saturated carbocycles. The molecule has 0 saturated heterocycles. The third kappa shape index (κ3) is 7.28. The van der Waals surface area contributed by atoms with Gasteiger partial charge in [-0.1, -0.05) is 67.8 Å². The number of unbranched alkanes of at least 4 members (excludes halogenated alkanes) is 1. The molecule has 0 fully saturated rings. The van der Waals surface area contributed by atoms with Gasteiger partial charge in [-0.3, -0.25) is 9.59 Å². The first-order valence-electron chi connectivity index (χ1n) is 10.9. The van der Waals surface area contributed by atoms with Gasteiger partial charge in [0.05, 0.1) is 0 Å². The topological polar surface area (TPSA) is 58.6 Å². The second-order valence-electron chi connectivity index (χ2n) is 7.74. The molecule has 0 bridgehead atoms. The van der Waals surface area contributed by atoms with Gasteiger partial charge in [0.25, 0.3) is 5.91 Å². The maximum absolute atomic E-state index is 13.2. The van der Waals surface area contributed by atoms with Crippen LogP contribution in [-0.2, 0) is 16.1 Å². The first-order chi connectivity index (χ1) is 14.9. The first kappa shape index (κ1) is 24.7. The lowest BCUT2D eigenvalue weighted by molar-refractivity contribution is -0.143. The predicted molar refractivity (Wildman–Crippen MR) is 125 cm³/mol. The fourth-order valence-corrected chi connectivity index (χ4v) is 3.61. The third-order valence-electron chi connectivity index (χ3n) is 5.20. The lowest BCUT2D eigenvalue weighted by Crippen LogP contribution is -2.50. The Balaban J connectivity index is 2.21. The van der Waals surface area contributed by atoms with Crippen LogP contribution >= 0.6 is 11.6 Å². The van der Waals surface area contributed by atoms with Gasteiger partial charge in [-0.25, -0.2) is 0 Å². The van der Waals surface area contributed by atoms with Gasteiger partial charge in [0.1, 0.15) is 11.8 Å². The van der Waals surface area contributed by atoms with Crippen LogP contribution in [0, 0.1) is 13.8 Å². The molecular formula is C25H33ClN2O3. The number of halogens is 1. The number of nitrogens with zero attached hydrogens (tertiary/aromatic N) is 1. The number of rotatable bonds is 11. The Hall–Kier alpha value is -2.53. The van der Waals surface area contributed by atoms with E-state index in [1.807, 2.05) is 57.2 Å². The Kier molecular flexibility index (Phi) is 9.86. The standard InChI is InChI=1S/C25H33ClN2O3/c1-5-7-14-27-25(30)22(6-2)28(16-20-10-8-9-11-21(20)26)24(29)17-31-23-13-12-18(3)15-19(23)4/h8-13,15,22H,5-7,14,16-17H2,1-4H3,(H,27,30)/t22-/m0/s1. The van der Waals surface area contributed by atoms with Gasteiger partial charge in [0.2, 0.25) is 5.91 Å². The SMILES string of the molecule is CCCCNC(=O)[C@H](CC)N(Cc1ccccc1Cl)C(=O)COc1ccc(C)cc1C. The lowest BCUT2D eigenvalue weighted by Gasteiger charge is -2.31. The minimum atomic E-state index is -0.594. The minimum absolute atomic E-state index is 0.146. The number of hydrogen-bond donors (Lipinski definition) is 1. The molecule has 0 unspecified atom stereocenters. The zero-order chi connectivity index (χ0) is 22.8. The zero-order valence-corrected chi connectivity index (χ0v) is 19.7. The molecule has 168 valence electrons. The minimum Gasteiger partial charge on any atom is -0.483 e. The highest BCUT2D eigenvalue weighted by Gasteiger charge is 2.29. The molecular weight excluding hydrogens is 412 g/mol. The predicted octanol–water partition coefficient (Wildman–Crippen LogP) is 5.06. The summed E-state index contributed by atoms with van der Waals surface area (Å²) >= 11 is 6.34. The van der Waals surface area contributed by atoms with Crippen LogP contribution in [0.5, 0.6) is 5.75 Å². The molecule has 5 nitrogen and oxygen atoms in total. The average Bonchev–Trinajstić information content (AvgIpc) is 2.74. The molecule has 2 aromatic carbocycles. The summed E-state index contributed by atoms with van der Waals surface area (Å²) in [5, 5.41) is 3.52. The average molecular weight is 445 g/mol. The van der Waals surface area contributed by atoms with Crippen molar-refractivity contribution in [2.45, 2.75) is 59.5 Å². The highest BCUT2D eigenvalue weighted by molar-refractivity contribution is 6.31. The highest BCUT2D eigenvalue weighted by Crippen LogP contribution is 2.21. The number of hydrogen-bond acceptors (Lipinski definition) is 3. The molecule has 31 heavy (non-hydrogen) atoms. The Morgan fingerprint density at radius 2 is 1.87 bits per heavy atom. The van der Waals surface area contributed by atoms with Crippen molar-refractivity contribution in [1.82, 2.24) is 10.2 Å². The number of amides is 2. The lowest BCUT2D eigenvalue weighted by atomic mass is 10.1. The van der Waals surface area contributed by atoms with E-state index in [1.54, 1.807) is 11.0 Å². The molecule has 6 heteroatoms. The van der Waals surface area contributed by atoms with Crippen molar-refractivity contribution < 1.29 is 14.3 Å². The highest BCUT2D eigenvalue weighted by atomic mass is 35.5. The second-order valence-corrected chi connectivity index (χ2v) is 8.15.